The molecule has 0 saturated heterocycles. The van der Waals surface area contributed by atoms with Gasteiger partial charge in [0, 0.05) is 12.7 Å². The normalized spacial score (nSPS) is 26.7. The Morgan fingerprint density at radius 3 is 2.30 bits per heavy atom. The number of hydrogen-bond donors (Lipinski definition) is 1. The van der Waals surface area contributed by atoms with Gasteiger partial charge in [-0.25, -0.2) is 0 Å². The van der Waals surface area contributed by atoms with Gasteiger partial charge in [0.05, 0.1) is 0 Å². The predicted molar refractivity (Wildman–Crippen MR) is 43.1 cm³/mol. The van der Waals surface area contributed by atoms with Gasteiger partial charge in [0.25, 0.3) is 0 Å². The van der Waals surface area contributed by atoms with Crippen molar-refractivity contribution < 1.29 is 9.22 Å². The minimum atomic E-state index is -2.24. The van der Waals surface area contributed by atoms with E-state index in [-0.39, 0.29) is 0 Å². The molecular weight excluding hydrogens is 144 g/mol. The quantitative estimate of drug-likeness (QED) is 0.622. The van der Waals surface area contributed by atoms with Crippen LogP contribution in [0.2, 0.25) is 12.1 Å². The van der Waals surface area contributed by atoms with E-state index < -0.39 is 8.56 Å². The first kappa shape index (κ1) is 8.24. The van der Waals surface area contributed by atoms with Crippen LogP contribution in [-0.2, 0) is 4.43 Å². The SMILES string of the molecule is CO[Si](C)(O)C1CCCC1. The summed E-state index contributed by atoms with van der Waals surface area (Å²) in [6.07, 6.45) is 4.90. The molecule has 0 aromatic heterocycles. The molecule has 1 unspecified atom stereocenters. The highest BCUT2D eigenvalue weighted by Crippen LogP contribution is 2.37. The molecule has 1 N–H and O–H groups in total. The van der Waals surface area contributed by atoms with Gasteiger partial charge in [0.2, 0.25) is 0 Å². The van der Waals surface area contributed by atoms with Gasteiger partial charge in [0.15, 0.2) is 0 Å². The number of hydrogen-bond acceptors (Lipinski definition) is 2. The summed E-state index contributed by atoms with van der Waals surface area (Å²) in [5.41, 5.74) is 0.498. The lowest BCUT2D eigenvalue weighted by Gasteiger charge is -2.23. The summed E-state index contributed by atoms with van der Waals surface area (Å²) in [6.45, 7) is 1.89. The van der Waals surface area contributed by atoms with Crippen LogP contribution in [0.25, 0.3) is 0 Å². The molecule has 0 aromatic rings. The van der Waals surface area contributed by atoms with Crippen LogP contribution in [0.3, 0.4) is 0 Å². The zero-order valence-electron chi connectivity index (χ0n) is 6.76. The first-order valence-electron chi connectivity index (χ1n) is 3.94. The van der Waals surface area contributed by atoms with E-state index in [1.54, 1.807) is 7.11 Å². The standard InChI is InChI=1S/C7H16O2Si/c1-9-10(2,8)7-5-3-4-6-7/h7-8H,3-6H2,1-2H3. The van der Waals surface area contributed by atoms with E-state index in [4.69, 9.17) is 4.43 Å². The van der Waals surface area contributed by atoms with Crippen molar-refractivity contribution in [2.45, 2.75) is 37.8 Å². The molecule has 0 spiro atoms. The van der Waals surface area contributed by atoms with Gasteiger partial charge in [-0.15, -0.1) is 0 Å². The van der Waals surface area contributed by atoms with Crippen molar-refractivity contribution >= 4 is 8.56 Å². The van der Waals surface area contributed by atoms with Crippen LogP contribution in [-0.4, -0.2) is 20.5 Å². The molecule has 0 heterocycles. The van der Waals surface area contributed by atoms with E-state index in [0.717, 1.165) is 0 Å². The summed E-state index contributed by atoms with van der Waals surface area (Å²) in [5.74, 6) is 0. The monoisotopic (exact) mass is 160 g/mol. The molecule has 2 nitrogen and oxygen atoms in total. The van der Waals surface area contributed by atoms with Crippen molar-refractivity contribution in [2.24, 2.45) is 0 Å². The second-order valence-corrected chi connectivity index (χ2v) is 6.57. The molecule has 0 amide bonds. The van der Waals surface area contributed by atoms with Gasteiger partial charge >= 0.3 is 8.56 Å². The molecule has 0 radical (unpaired) electrons. The summed E-state index contributed by atoms with van der Waals surface area (Å²) >= 11 is 0. The van der Waals surface area contributed by atoms with Crippen molar-refractivity contribution in [3.63, 3.8) is 0 Å². The van der Waals surface area contributed by atoms with Crippen molar-refractivity contribution in [1.29, 1.82) is 0 Å². The molecule has 1 rings (SSSR count). The highest BCUT2D eigenvalue weighted by molar-refractivity contribution is 6.66. The lowest BCUT2D eigenvalue weighted by molar-refractivity contribution is 0.281. The summed E-state index contributed by atoms with van der Waals surface area (Å²) < 4.78 is 5.12. The summed E-state index contributed by atoms with van der Waals surface area (Å²) in [4.78, 5) is 9.74. The first-order chi connectivity index (χ1) is 4.67. The van der Waals surface area contributed by atoms with Gasteiger partial charge in [-0.2, -0.15) is 0 Å². The summed E-state index contributed by atoms with van der Waals surface area (Å²) in [5, 5.41) is 0. The first-order valence-corrected chi connectivity index (χ1v) is 6.37. The van der Waals surface area contributed by atoms with Crippen LogP contribution in [0.1, 0.15) is 25.7 Å². The minimum Gasteiger partial charge on any atom is -0.411 e. The maximum atomic E-state index is 9.74. The fourth-order valence-electron chi connectivity index (χ4n) is 1.63. The predicted octanol–water partition coefficient (Wildman–Crippen LogP) is 1.64. The van der Waals surface area contributed by atoms with Gasteiger partial charge in [0.1, 0.15) is 0 Å². The molecule has 1 aliphatic rings. The second kappa shape index (κ2) is 3.03. The third-order valence-electron chi connectivity index (χ3n) is 2.53. The Labute approximate surface area is 63.5 Å². The molecule has 1 saturated carbocycles. The molecule has 3 heteroatoms. The minimum absolute atomic E-state index is 0.498. The Hall–Kier alpha value is 0.137. The van der Waals surface area contributed by atoms with Crippen LogP contribution in [0.15, 0.2) is 0 Å². The molecule has 10 heavy (non-hydrogen) atoms. The third kappa shape index (κ3) is 1.59. The van der Waals surface area contributed by atoms with Gasteiger partial charge in [-0.1, -0.05) is 12.8 Å². The van der Waals surface area contributed by atoms with Crippen molar-refractivity contribution in [2.75, 3.05) is 7.11 Å². The zero-order valence-corrected chi connectivity index (χ0v) is 7.76. The summed E-state index contributed by atoms with van der Waals surface area (Å²) in [6, 6.07) is 0. The Bertz CT molecular complexity index is 108. The largest absolute Gasteiger partial charge is 0.411 e. The van der Waals surface area contributed by atoms with E-state index in [1.807, 2.05) is 6.55 Å². The molecular formula is C7H16O2Si. The fourth-order valence-corrected chi connectivity index (χ4v) is 3.44. The van der Waals surface area contributed by atoms with Crippen LogP contribution in [0, 0.1) is 0 Å². The Balaban J connectivity index is 2.45. The second-order valence-electron chi connectivity index (χ2n) is 3.24. The summed E-state index contributed by atoms with van der Waals surface area (Å²) in [7, 11) is -0.615. The van der Waals surface area contributed by atoms with Crippen LogP contribution in [0.4, 0.5) is 0 Å². The van der Waals surface area contributed by atoms with Gasteiger partial charge in [-0.05, 0) is 19.4 Å². The van der Waals surface area contributed by atoms with E-state index >= 15 is 0 Å². The van der Waals surface area contributed by atoms with E-state index in [2.05, 4.69) is 0 Å². The third-order valence-corrected chi connectivity index (χ3v) is 5.44. The van der Waals surface area contributed by atoms with Crippen molar-refractivity contribution in [3.8, 4) is 0 Å². The average Bonchev–Trinajstić information content (AvgIpc) is 2.38. The molecule has 1 atom stereocenters. The van der Waals surface area contributed by atoms with E-state index in [9.17, 15) is 4.80 Å². The fraction of sp³-hybridized carbons (Fsp3) is 1.00. The molecule has 0 bridgehead atoms. The molecule has 0 aromatic carbocycles. The molecule has 0 aliphatic heterocycles. The van der Waals surface area contributed by atoms with Gasteiger partial charge in [-0.3, -0.25) is 0 Å². The topological polar surface area (TPSA) is 29.5 Å². The molecule has 60 valence electrons. The number of rotatable bonds is 2. The van der Waals surface area contributed by atoms with Crippen LogP contribution >= 0.6 is 0 Å². The lowest BCUT2D eigenvalue weighted by Crippen LogP contribution is -2.38. The average molecular weight is 160 g/mol. The molecule has 1 aliphatic carbocycles. The maximum absolute atomic E-state index is 9.74. The van der Waals surface area contributed by atoms with Crippen molar-refractivity contribution in [3.05, 3.63) is 0 Å². The highest BCUT2D eigenvalue weighted by Gasteiger charge is 2.38. The highest BCUT2D eigenvalue weighted by atomic mass is 28.4. The van der Waals surface area contributed by atoms with E-state index in [1.165, 1.54) is 25.7 Å². The molecule has 1 fully saturated rings. The van der Waals surface area contributed by atoms with Crippen molar-refractivity contribution in [1.82, 2.24) is 0 Å². The van der Waals surface area contributed by atoms with Gasteiger partial charge < -0.3 is 9.22 Å². The van der Waals surface area contributed by atoms with Crippen LogP contribution < -0.4 is 0 Å². The smallest absolute Gasteiger partial charge is 0.335 e. The maximum Gasteiger partial charge on any atom is 0.335 e. The Morgan fingerprint density at radius 1 is 1.40 bits per heavy atom. The Morgan fingerprint density at radius 2 is 1.90 bits per heavy atom. The Kier molecular flexibility index (Phi) is 2.49. The lowest BCUT2D eigenvalue weighted by atomic mass is 10.4. The van der Waals surface area contributed by atoms with E-state index in [0.29, 0.717) is 5.54 Å². The van der Waals surface area contributed by atoms with Crippen LogP contribution in [0.5, 0.6) is 0 Å². The zero-order chi connectivity index (χ0) is 7.61.